The summed E-state index contributed by atoms with van der Waals surface area (Å²) in [6, 6.07) is 9.94. The fourth-order valence-corrected chi connectivity index (χ4v) is 2.65. The van der Waals surface area contributed by atoms with Crippen molar-refractivity contribution in [3.8, 4) is 10.6 Å². The first kappa shape index (κ1) is 11.8. The van der Waals surface area contributed by atoms with E-state index in [0.717, 1.165) is 21.1 Å². The van der Waals surface area contributed by atoms with Gasteiger partial charge in [-0.3, -0.25) is 4.79 Å². The van der Waals surface area contributed by atoms with Gasteiger partial charge >= 0.3 is 5.97 Å². The highest BCUT2D eigenvalue weighted by Crippen LogP contribution is 2.28. The number of carboxylic acids is 1. The van der Waals surface area contributed by atoms with Crippen LogP contribution in [0.1, 0.15) is 17.0 Å². The summed E-state index contributed by atoms with van der Waals surface area (Å²) >= 11 is 1.58. The Morgan fingerprint density at radius 1 is 1.35 bits per heavy atom. The van der Waals surface area contributed by atoms with Crippen molar-refractivity contribution < 1.29 is 9.90 Å². The molecule has 0 saturated carbocycles. The summed E-state index contributed by atoms with van der Waals surface area (Å²) in [5, 5.41) is 9.64. The first-order valence-corrected chi connectivity index (χ1v) is 6.22. The molecule has 0 saturated heterocycles. The predicted molar refractivity (Wildman–Crippen MR) is 68.2 cm³/mol. The van der Waals surface area contributed by atoms with Crippen LogP contribution in [0.3, 0.4) is 0 Å². The number of carbonyl (C=O) groups is 1. The van der Waals surface area contributed by atoms with E-state index in [1.54, 1.807) is 11.3 Å². The average molecular weight is 247 g/mol. The molecule has 0 spiro atoms. The number of nitrogens with zero attached hydrogens (tertiary/aromatic N) is 1. The van der Waals surface area contributed by atoms with Gasteiger partial charge in [-0.2, -0.15) is 0 Å². The molecule has 0 amide bonds. The van der Waals surface area contributed by atoms with Crippen LogP contribution in [0.2, 0.25) is 0 Å². The van der Waals surface area contributed by atoms with E-state index >= 15 is 0 Å². The third-order valence-electron chi connectivity index (χ3n) is 2.48. The summed E-state index contributed by atoms with van der Waals surface area (Å²) in [4.78, 5) is 16.1. The van der Waals surface area contributed by atoms with E-state index in [-0.39, 0.29) is 6.42 Å². The number of aromatic nitrogens is 1. The van der Waals surface area contributed by atoms with Crippen molar-refractivity contribution >= 4 is 17.3 Å². The van der Waals surface area contributed by atoms with Crippen LogP contribution in [0.5, 0.6) is 0 Å². The van der Waals surface area contributed by atoms with Crippen molar-refractivity contribution in [2.24, 2.45) is 0 Å². The number of aryl methyl sites for hydroxylation is 2. The summed E-state index contributed by atoms with van der Waals surface area (Å²) in [7, 11) is 0. The minimum absolute atomic E-state index is 0.164. The second kappa shape index (κ2) is 5.10. The molecule has 1 N–H and O–H groups in total. The molecular weight excluding hydrogens is 234 g/mol. The molecule has 0 aliphatic rings. The molecule has 0 aliphatic heterocycles. The molecule has 0 bridgehead atoms. The van der Waals surface area contributed by atoms with E-state index in [1.165, 1.54) is 0 Å². The van der Waals surface area contributed by atoms with E-state index in [9.17, 15) is 4.79 Å². The lowest BCUT2D eigenvalue weighted by atomic mass is 10.2. The minimum atomic E-state index is -0.765. The van der Waals surface area contributed by atoms with Gasteiger partial charge in [-0.05, 0) is 13.3 Å². The zero-order valence-corrected chi connectivity index (χ0v) is 10.3. The van der Waals surface area contributed by atoms with Crippen molar-refractivity contribution in [3.63, 3.8) is 0 Å². The first-order chi connectivity index (χ1) is 8.16. The fraction of sp³-hybridized carbons (Fsp3) is 0.231. The first-order valence-electron chi connectivity index (χ1n) is 5.40. The Bertz CT molecular complexity index is 519. The second-order valence-electron chi connectivity index (χ2n) is 3.79. The van der Waals surface area contributed by atoms with Gasteiger partial charge < -0.3 is 5.11 Å². The summed E-state index contributed by atoms with van der Waals surface area (Å²) in [5.74, 6) is -0.765. The minimum Gasteiger partial charge on any atom is -0.481 e. The molecule has 2 rings (SSSR count). The molecule has 1 heterocycles. The van der Waals surface area contributed by atoms with Crippen LogP contribution in [-0.4, -0.2) is 16.1 Å². The number of carboxylic acid groups (broad SMARTS) is 1. The van der Waals surface area contributed by atoms with Gasteiger partial charge in [0.15, 0.2) is 0 Å². The number of thiazole rings is 1. The van der Waals surface area contributed by atoms with E-state index in [1.807, 2.05) is 37.3 Å². The van der Waals surface area contributed by atoms with E-state index < -0.39 is 5.97 Å². The maximum Gasteiger partial charge on any atom is 0.303 e. The summed E-state index contributed by atoms with van der Waals surface area (Å²) in [6.07, 6.45) is 0.725. The van der Waals surface area contributed by atoms with Crippen LogP contribution in [0.4, 0.5) is 0 Å². The monoisotopic (exact) mass is 247 g/mol. The highest BCUT2D eigenvalue weighted by atomic mass is 32.1. The number of hydrogen-bond donors (Lipinski definition) is 1. The molecule has 1 aromatic heterocycles. The molecule has 0 unspecified atom stereocenters. The molecule has 2 aromatic rings. The fourth-order valence-electron chi connectivity index (χ4n) is 1.58. The van der Waals surface area contributed by atoms with Crippen LogP contribution >= 0.6 is 11.3 Å². The largest absolute Gasteiger partial charge is 0.481 e. The number of aliphatic carboxylic acids is 1. The Kier molecular flexibility index (Phi) is 3.54. The van der Waals surface area contributed by atoms with Crippen molar-refractivity contribution in [2.45, 2.75) is 19.8 Å². The van der Waals surface area contributed by atoms with Gasteiger partial charge in [-0.1, -0.05) is 30.3 Å². The third kappa shape index (κ3) is 2.91. The van der Waals surface area contributed by atoms with Gasteiger partial charge in [-0.15, -0.1) is 11.3 Å². The molecular formula is C13H13NO2S. The third-order valence-corrected chi connectivity index (χ3v) is 3.75. The summed E-state index contributed by atoms with van der Waals surface area (Å²) < 4.78 is 0. The van der Waals surface area contributed by atoms with Gasteiger partial charge in [0.1, 0.15) is 5.01 Å². The van der Waals surface area contributed by atoms with Gasteiger partial charge in [-0.25, -0.2) is 4.98 Å². The molecule has 0 aliphatic carbocycles. The Hall–Kier alpha value is -1.68. The zero-order chi connectivity index (χ0) is 12.3. The van der Waals surface area contributed by atoms with Crippen molar-refractivity contribution in [3.05, 3.63) is 40.9 Å². The normalized spacial score (nSPS) is 10.4. The van der Waals surface area contributed by atoms with Crippen LogP contribution in [0.25, 0.3) is 10.6 Å². The summed E-state index contributed by atoms with van der Waals surface area (Å²) in [5.41, 5.74) is 2.03. The smallest absolute Gasteiger partial charge is 0.303 e. The van der Waals surface area contributed by atoms with Crippen molar-refractivity contribution in [1.29, 1.82) is 0 Å². The van der Waals surface area contributed by atoms with E-state index in [0.29, 0.717) is 6.42 Å². The maximum absolute atomic E-state index is 10.5. The van der Waals surface area contributed by atoms with E-state index in [4.69, 9.17) is 5.11 Å². The van der Waals surface area contributed by atoms with Crippen LogP contribution < -0.4 is 0 Å². The lowest BCUT2D eigenvalue weighted by Crippen LogP contribution is -1.96. The lowest BCUT2D eigenvalue weighted by Gasteiger charge is -1.93. The van der Waals surface area contributed by atoms with Gasteiger partial charge in [0.2, 0.25) is 0 Å². The number of rotatable bonds is 4. The topological polar surface area (TPSA) is 50.2 Å². The molecule has 3 nitrogen and oxygen atoms in total. The molecule has 0 atom stereocenters. The highest BCUT2D eigenvalue weighted by molar-refractivity contribution is 7.15. The molecule has 1 aromatic carbocycles. The molecule has 4 heteroatoms. The standard InChI is InChI=1S/C13H13NO2S/c1-9-11(7-8-12(15)16)17-13(14-9)10-5-3-2-4-6-10/h2-6H,7-8H2,1H3,(H,15,16). The second-order valence-corrected chi connectivity index (χ2v) is 4.87. The Labute approximate surface area is 104 Å². The summed E-state index contributed by atoms with van der Waals surface area (Å²) in [6.45, 7) is 1.93. The molecule has 0 fully saturated rings. The number of benzene rings is 1. The maximum atomic E-state index is 10.5. The average Bonchev–Trinajstić information content (AvgIpc) is 2.69. The van der Waals surface area contributed by atoms with Gasteiger partial charge in [0, 0.05) is 10.4 Å². The quantitative estimate of drug-likeness (QED) is 0.903. The Balaban J connectivity index is 2.22. The number of hydrogen-bond acceptors (Lipinski definition) is 3. The Morgan fingerprint density at radius 2 is 2.06 bits per heavy atom. The lowest BCUT2D eigenvalue weighted by molar-refractivity contribution is -0.136. The zero-order valence-electron chi connectivity index (χ0n) is 9.51. The molecule has 88 valence electrons. The van der Waals surface area contributed by atoms with Crippen LogP contribution in [0.15, 0.2) is 30.3 Å². The van der Waals surface area contributed by atoms with Gasteiger partial charge in [0.25, 0.3) is 0 Å². The van der Waals surface area contributed by atoms with E-state index in [2.05, 4.69) is 4.98 Å². The molecule has 17 heavy (non-hydrogen) atoms. The van der Waals surface area contributed by atoms with Crippen LogP contribution in [-0.2, 0) is 11.2 Å². The molecule has 0 radical (unpaired) electrons. The van der Waals surface area contributed by atoms with Crippen molar-refractivity contribution in [2.75, 3.05) is 0 Å². The Morgan fingerprint density at radius 3 is 2.71 bits per heavy atom. The highest BCUT2D eigenvalue weighted by Gasteiger charge is 2.10. The predicted octanol–water partition coefficient (Wildman–Crippen LogP) is 3.14. The van der Waals surface area contributed by atoms with Gasteiger partial charge in [0.05, 0.1) is 12.1 Å². The SMILES string of the molecule is Cc1nc(-c2ccccc2)sc1CCC(=O)O. The van der Waals surface area contributed by atoms with Crippen molar-refractivity contribution in [1.82, 2.24) is 4.98 Å². The van der Waals surface area contributed by atoms with Crippen LogP contribution in [0, 0.1) is 6.92 Å².